The molecule has 2 saturated heterocycles. The first-order valence-corrected chi connectivity index (χ1v) is 10.9. The van der Waals surface area contributed by atoms with Gasteiger partial charge in [0.05, 0.1) is 25.8 Å². The van der Waals surface area contributed by atoms with Crippen LogP contribution in [0.1, 0.15) is 44.3 Å². The van der Waals surface area contributed by atoms with Gasteiger partial charge in [0.25, 0.3) is 0 Å². The predicted molar refractivity (Wildman–Crippen MR) is 113 cm³/mol. The van der Waals surface area contributed by atoms with Gasteiger partial charge in [-0.2, -0.15) is 0 Å². The summed E-state index contributed by atoms with van der Waals surface area (Å²) in [5, 5.41) is 6.97. The maximum absolute atomic E-state index is 5.96. The van der Waals surface area contributed by atoms with Crippen molar-refractivity contribution < 1.29 is 9.15 Å². The topological polar surface area (TPSA) is 65.3 Å². The Bertz CT molecular complexity index is 612. The number of hydrogen-bond donors (Lipinski definition) is 2. The smallest absolute Gasteiger partial charge is 0.191 e. The molecule has 7 nitrogen and oxygen atoms in total. The highest BCUT2D eigenvalue weighted by molar-refractivity contribution is 5.79. The third-order valence-electron chi connectivity index (χ3n) is 5.75. The van der Waals surface area contributed by atoms with Crippen LogP contribution >= 0.6 is 0 Å². The molecule has 7 heteroatoms. The largest absolute Gasteiger partial charge is 0.465 e. The van der Waals surface area contributed by atoms with Crippen LogP contribution in [0.4, 0.5) is 0 Å². The molecule has 2 aliphatic heterocycles. The minimum Gasteiger partial charge on any atom is -0.465 e. The van der Waals surface area contributed by atoms with Crippen LogP contribution in [0.5, 0.6) is 0 Å². The van der Waals surface area contributed by atoms with E-state index in [0.717, 1.165) is 63.4 Å². The lowest BCUT2D eigenvalue weighted by Crippen LogP contribution is -2.45. The van der Waals surface area contributed by atoms with Crippen molar-refractivity contribution in [2.75, 3.05) is 59.0 Å². The van der Waals surface area contributed by atoms with Crippen LogP contribution in [-0.2, 0) is 4.74 Å². The van der Waals surface area contributed by atoms with Gasteiger partial charge in [0.1, 0.15) is 11.5 Å². The molecule has 2 atom stereocenters. The van der Waals surface area contributed by atoms with Crippen molar-refractivity contribution in [2.45, 2.75) is 45.7 Å². The van der Waals surface area contributed by atoms with Crippen LogP contribution in [0.25, 0.3) is 0 Å². The summed E-state index contributed by atoms with van der Waals surface area (Å²) in [4.78, 5) is 9.90. The van der Waals surface area contributed by atoms with Gasteiger partial charge in [-0.05, 0) is 51.9 Å². The van der Waals surface area contributed by atoms with Crippen LogP contribution in [0.3, 0.4) is 0 Å². The van der Waals surface area contributed by atoms with Crippen molar-refractivity contribution in [1.82, 2.24) is 20.4 Å². The van der Waals surface area contributed by atoms with E-state index in [4.69, 9.17) is 14.1 Å². The van der Waals surface area contributed by atoms with Gasteiger partial charge < -0.3 is 19.8 Å². The first kappa shape index (κ1) is 21.1. The van der Waals surface area contributed by atoms with E-state index in [9.17, 15) is 0 Å². The van der Waals surface area contributed by atoms with Gasteiger partial charge in [-0.25, -0.2) is 0 Å². The third kappa shape index (κ3) is 5.72. The van der Waals surface area contributed by atoms with Crippen LogP contribution in [0, 0.1) is 6.92 Å². The van der Waals surface area contributed by atoms with E-state index < -0.39 is 0 Å². The molecule has 2 fully saturated rings. The first-order chi connectivity index (χ1) is 13.7. The fraction of sp³-hybridized carbons (Fsp3) is 0.762. The molecular formula is C21H37N5O2. The van der Waals surface area contributed by atoms with Crippen molar-refractivity contribution in [3.8, 4) is 0 Å². The maximum Gasteiger partial charge on any atom is 0.191 e. The van der Waals surface area contributed by atoms with E-state index in [1.165, 1.54) is 19.4 Å². The number of aliphatic imine (C=N–C) groups is 1. The minimum atomic E-state index is 0.145. The fourth-order valence-electron chi connectivity index (χ4n) is 4.18. The van der Waals surface area contributed by atoms with E-state index in [1.807, 2.05) is 13.0 Å². The summed E-state index contributed by atoms with van der Waals surface area (Å²) >= 11 is 0. The lowest BCUT2D eigenvalue weighted by Gasteiger charge is -2.32. The highest BCUT2D eigenvalue weighted by Gasteiger charge is 2.26. The van der Waals surface area contributed by atoms with Crippen molar-refractivity contribution in [2.24, 2.45) is 4.99 Å². The fourth-order valence-corrected chi connectivity index (χ4v) is 4.18. The van der Waals surface area contributed by atoms with E-state index in [1.54, 1.807) is 0 Å². The number of morpholine rings is 1. The van der Waals surface area contributed by atoms with E-state index in [2.05, 4.69) is 40.3 Å². The summed E-state index contributed by atoms with van der Waals surface area (Å²) in [5.74, 6) is 2.84. The van der Waals surface area contributed by atoms with Crippen molar-refractivity contribution in [1.29, 1.82) is 0 Å². The van der Waals surface area contributed by atoms with Gasteiger partial charge in [0, 0.05) is 32.2 Å². The Kier molecular flexibility index (Phi) is 8.18. The molecule has 2 unspecified atom stereocenters. The van der Waals surface area contributed by atoms with E-state index in [-0.39, 0.29) is 6.04 Å². The molecule has 0 radical (unpaired) electrons. The van der Waals surface area contributed by atoms with Gasteiger partial charge in [-0.15, -0.1) is 0 Å². The van der Waals surface area contributed by atoms with Crippen molar-refractivity contribution in [3.63, 3.8) is 0 Å². The van der Waals surface area contributed by atoms with Gasteiger partial charge >= 0.3 is 0 Å². The quantitative estimate of drug-likeness (QED) is 0.522. The van der Waals surface area contributed by atoms with Crippen LogP contribution in [0.15, 0.2) is 21.5 Å². The molecule has 0 amide bonds. The highest BCUT2D eigenvalue weighted by atomic mass is 16.5. The molecule has 1 aromatic rings. The Morgan fingerprint density at radius 2 is 2.04 bits per heavy atom. The van der Waals surface area contributed by atoms with Crippen molar-refractivity contribution in [3.05, 3.63) is 23.7 Å². The normalized spacial score (nSPS) is 23.1. The number of nitrogens with one attached hydrogen (secondary N) is 2. The summed E-state index contributed by atoms with van der Waals surface area (Å²) in [6.45, 7) is 14.5. The standard InChI is InChI=1S/C21H37N5O2/c1-4-22-21(23-15-18-7-6-10-25(18)5-2)24-16-19(20-9-8-17(3)28-20)26-11-13-27-14-12-26/h8-9,18-19H,4-7,10-16H2,1-3H3,(H2,22,23,24). The third-order valence-corrected chi connectivity index (χ3v) is 5.75. The number of guanidine groups is 1. The number of hydrogen-bond acceptors (Lipinski definition) is 5. The summed E-state index contributed by atoms with van der Waals surface area (Å²) in [7, 11) is 0. The zero-order valence-electron chi connectivity index (χ0n) is 17.7. The molecule has 1 aromatic heterocycles. The monoisotopic (exact) mass is 391 g/mol. The first-order valence-electron chi connectivity index (χ1n) is 10.9. The summed E-state index contributed by atoms with van der Waals surface area (Å²) in [6.07, 6.45) is 2.56. The Labute approximate surface area is 169 Å². The van der Waals surface area contributed by atoms with Crippen LogP contribution in [-0.4, -0.2) is 80.8 Å². The summed E-state index contributed by atoms with van der Waals surface area (Å²) in [5.41, 5.74) is 0. The lowest BCUT2D eigenvalue weighted by molar-refractivity contribution is 0.0135. The molecule has 3 rings (SSSR count). The average Bonchev–Trinajstić information content (AvgIpc) is 3.35. The molecule has 158 valence electrons. The molecule has 28 heavy (non-hydrogen) atoms. The zero-order chi connectivity index (χ0) is 19.8. The molecule has 0 spiro atoms. The number of rotatable bonds is 8. The van der Waals surface area contributed by atoms with Gasteiger partial charge in [-0.1, -0.05) is 6.92 Å². The molecule has 2 N–H and O–H groups in total. The summed E-state index contributed by atoms with van der Waals surface area (Å²) in [6, 6.07) is 4.88. The molecule has 3 heterocycles. The predicted octanol–water partition coefficient (Wildman–Crippen LogP) is 2.00. The second-order valence-corrected chi connectivity index (χ2v) is 7.64. The van der Waals surface area contributed by atoms with Gasteiger partial charge in [0.15, 0.2) is 5.96 Å². The van der Waals surface area contributed by atoms with Crippen LogP contribution in [0.2, 0.25) is 0 Å². The van der Waals surface area contributed by atoms with Gasteiger partial charge in [-0.3, -0.25) is 14.8 Å². The molecule has 0 saturated carbocycles. The van der Waals surface area contributed by atoms with Crippen molar-refractivity contribution >= 4 is 5.96 Å². The zero-order valence-corrected chi connectivity index (χ0v) is 17.7. The molecule has 0 aromatic carbocycles. The number of likely N-dealkylation sites (tertiary alicyclic amines) is 1. The van der Waals surface area contributed by atoms with Crippen LogP contribution < -0.4 is 10.6 Å². The van der Waals surface area contributed by atoms with E-state index in [0.29, 0.717) is 12.6 Å². The number of nitrogens with zero attached hydrogens (tertiary/aromatic N) is 3. The SMILES string of the molecule is CCNC(=NCC(c1ccc(C)o1)N1CCOCC1)NCC1CCCN1CC. The Hall–Kier alpha value is -1.57. The number of aryl methyl sites for hydroxylation is 1. The Morgan fingerprint density at radius 1 is 1.21 bits per heavy atom. The summed E-state index contributed by atoms with van der Waals surface area (Å²) < 4.78 is 11.5. The van der Waals surface area contributed by atoms with E-state index >= 15 is 0 Å². The highest BCUT2D eigenvalue weighted by Crippen LogP contribution is 2.24. The maximum atomic E-state index is 5.96. The second-order valence-electron chi connectivity index (χ2n) is 7.64. The molecule has 0 bridgehead atoms. The number of likely N-dealkylation sites (N-methyl/N-ethyl adjacent to an activating group) is 1. The molecule has 2 aliphatic rings. The second kappa shape index (κ2) is 10.8. The number of furan rings is 1. The molecular weight excluding hydrogens is 354 g/mol. The Morgan fingerprint density at radius 3 is 2.71 bits per heavy atom. The number of ether oxygens (including phenoxy) is 1. The molecule has 0 aliphatic carbocycles. The minimum absolute atomic E-state index is 0.145. The average molecular weight is 392 g/mol. The van der Waals surface area contributed by atoms with Gasteiger partial charge in [0.2, 0.25) is 0 Å². The lowest BCUT2D eigenvalue weighted by atomic mass is 10.1. The Balaban J connectivity index is 1.65.